The van der Waals surface area contributed by atoms with E-state index in [9.17, 15) is 9.13 Å². The molecule has 0 bridgehead atoms. The highest BCUT2D eigenvalue weighted by molar-refractivity contribution is 7.24. The Bertz CT molecular complexity index is 138. The molecule has 0 spiro atoms. The Kier molecular flexibility index (Phi) is 2.43. The van der Waals surface area contributed by atoms with E-state index in [2.05, 4.69) is 4.52 Å². The van der Waals surface area contributed by atoms with Crippen LogP contribution in [0.2, 0.25) is 0 Å². The summed E-state index contributed by atoms with van der Waals surface area (Å²) in [6.07, 6.45) is 4.64. The van der Waals surface area contributed by atoms with E-state index in [4.69, 9.17) is 0 Å². The lowest BCUT2D eigenvalue weighted by atomic mass is 10.3. The molecule has 0 N–H and O–H groups in total. The Morgan fingerprint density at radius 2 is 2.33 bits per heavy atom. The smallest absolute Gasteiger partial charge is 0.268 e. The Hall–Kier alpha value is -0.140. The van der Waals surface area contributed by atoms with Gasteiger partial charge >= 0.3 is 7.91 Å². The highest BCUT2D eigenvalue weighted by Gasteiger charge is 2.17. The second-order valence-electron chi connectivity index (χ2n) is 2.03. The zero-order chi connectivity index (χ0) is 6.69. The van der Waals surface area contributed by atoms with Crippen molar-refractivity contribution in [1.29, 1.82) is 0 Å². The minimum Gasteiger partial charge on any atom is -0.268 e. The zero-order valence-corrected chi connectivity index (χ0v) is 5.84. The molecule has 1 fully saturated rings. The molecule has 0 saturated heterocycles. The highest BCUT2D eigenvalue weighted by Crippen LogP contribution is 2.24. The molecule has 1 aliphatic rings. The van der Waals surface area contributed by atoms with Crippen LogP contribution in [0.4, 0.5) is 0 Å². The van der Waals surface area contributed by atoms with Crippen LogP contribution in [0.25, 0.3) is 0 Å². The van der Waals surface area contributed by atoms with Crippen molar-refractivity contribution in [3.8, 4) is 0 Å². The monoisotopic (exact) mass is 147 g/mol. The molecule has 0 amide bonds. The van der Waals surface area contributed by atoms with E-state index < -0.39 is 7.91 Å². The maximum absolute atomic E-state index is 9.95. The molecular formula is C5H8O3P. The number of rotatable bonds is 2. The minimum absolute atomic E-state index is 0.133. The Labute approximate surface area is 54.3 Å². The third-order valence-electron chi connectivity index (χ3n) is 1.34. The molecular weight excluding hydrogens is 139 g/mol. The van der Waals surface area contributed by atoms with Crippen LogP contribution < -0.4 is 0 Å². The van der Waals surface area contributed by atoms with Crippen molar-refractivity contribution in [1.82, 2.24) is 0 Å². The Morgan fingerprint density at radius 3 is 2.78 bits per heavy atom. The SMILES string of the molecule is O=P(=O)OC1[CH]CCC1. The van der Waals surface area contributed by atoms with Crippen molar-refractivity contribution in [3.05, 3.63) is 6.42 Å². The summed E-state index contributed by atoms with van der Waals surface area (Å²) < 4.78 is 24.4. The first-order valence-electron chi connectivity index (χ1n) is 2.93. The number of hydrogen-bond acceptors (Lipinski definition) is 3. The average molecular weight is 147 g/mol. The van der Waals surface area contributed by atoms with Gasteiger partial charge in [0, 0.05) is 0 Å². The summed E-state index contributed by atoms with van der Waals surface area (Å²) in [5.74, 6) is 0. The quantitative estimate of drug-likeness (QED) is 0.559. The van der Waals surface area contributed by atoms with Gasteiger partial charge in [-0.3, -0.25) is 4.52 Å². The van der Waals surface area contributed by atoms with E-state index in [1.54, 1.807) is 0 Å². The summed E-state index contributed by atoms with van der Waals surface area (Å²) in [6.45, 7) is 0. The molecule has 51 valence electrons. The molecule has 0 aromatic heterocycles. The molecule has 0 aromatic carbocycles. The maximum Gasteiger partial charge on any atom is 0.468 e. The molecule has 4 heteroatoms. The van der Waals surface area contributed by atoms with Gasteiger partial charge in [-0.2, -0.15) is 0 Å². The van der Waals surface area contributed by atoms with Gasteiger partial charge in [0.15, 0.2) is 0 Å². The van der Waals surface area contributed by atoms with Crippen LogP contribution in [0, 0.1) is 6.42 Å². The van der Waals surface area contributed by atoms with E-state index in [1.807, 2.05) is 6.42 Å². The van der Waals surface area contributed by atoms with Crippen molar-refractivity contribution >= 4 is 7.91 Å². The van der Waals surface area contributed by atoms with Crippen LogP contribution in [0.3, 0.4) is 0 Å². The summed E-state index contributed by atoms with van der Waals surface area (Å²) in [7, 11) is -2.64. The third kappa shape index (κ3) is 2.29. The van der Waals surface area contributed by atoms with Gasteiger partial charge in [0.2, 0.25) is 0 Å². The second kappa shape index (κ2) is 3.14. The van der Waals surface area contributed by atoms with Crippen molar-refractivity contribution in [2.45, 2.75) is 25.4 Å². The van der Waals surface area contributed by atoms with Gasteiger partial charge in [-0.15, -0.1) is 0 Å². The second-order valence-corrected chi connectivity index (χ2v) is 2.69. The molecule has 9 heavy (non-hydrogen) atoms. The fourth-order valence-electron chi connectivity index (χ4n) is 0.947. The van der Waals surface area contributed by atoms with Gasteiger partial charge in [0.05, 0.1) is 6.10 Å². The predicted molar refractivity (Wildman–Crippen MR) is 31.3 cm³/mol. The van der Waals surface area contributed by atoms with Crippen molar-refractivity contribution in [2.24, 2.45) is 0 Å². The van der Waals surface area contributed by atoms with Gasteiger partial charge in [-0.05, 0) is 19.3 Å². The third-order valence-corrected chi connectivity index (χ3v) is 1.79. The van der Waals surface area contributed by atoms with Crippen molar-refractivity contribution in [3.63, 3.8) is 0 Å². The molecule has 0 heterocycles. The topological polar surface area (TPSA) is 43.4 Å². The summed E-state index contributed by atoms with van der Waals surface area (Å²) >= 11 is 0. The van der Waals surface area contributed by atoms with E-state index >= 15 is 0 Å². The lowest BCUT2D eigenvalue weighted by Crippen LogP contribution is -1.99. The highest BCUT2D eigenvalue weighted by atomic mass is 31.1. The van der Waals surface area contributed by atoms with Crippen molar-refractivity contribution in [2.75, 3.05) is 0 Å². The lowest BCUT2D eigenvalue weighted by molar-refractivity contribution is 0.239. The Balaban J connectivity index is 2.27. The molecule has 0 aromatic rings. The van der Waals surface area contributed by atoms with Crippen molar-refractivity contribution < 1.29 is 13.7 Å². The molecule has 1 aliphatic carbocycles. The largest absolute Gasteiger partial charge is 0.468 e. The first kappa shape index (κ1) is 6.97. The van der Waals surface area contributed by atoms with Gasteiger partial charge in [0.25, 0.3) is 0 Å². The average Bonchev–Trinajstić information content (AvgIpc) is 2.15. The van der Waals surface area contributed by atoms with Crippen LogP contribution in [0.1, 0.15) is 19.3 Å². The van der Waals surface area contributed by atoms with Crippen LogP contribution >= 0.6 is 7.91 Å². The van der Waals surface area contributed by atoms with Gasteiger partial charge < -0.3 is 0 Å². The standard InChI is InChI=1S/C5H8O3P/c6-9(7)8-5-3-1-2-4-5/h3,5H,1-2,4H2. The van der Waals surface area contributed by atoms with Gasteiger partial charge in [-0.25, -0.2) is 9.13 Å². The number of hydrogen-bond donors (Lipinski definition) is 0. The normalized spacial score (nSPS) is 20.4. The summed E-state index contributed by atoms with van der Waals surface area (Å²) in [6, 6.07) is 0. The van der Waals surface area contributed by atoms with Crippen LogP contribution in [0.5, 0.6) is 0 Å². The molecule has 1 rings (SSSR count). The van der Waals surface area contributed by atoms with Crippen LogP contribution in [-0.4, -0.2) is 6.10 Å². The van der Waals surface area contributed by atoms with E-state index in [-0.39, 0.29) is 6.10 Å². The fourth-order valence-corrected chi connectivity index (χ4v) is 1.36. The Morgan fingerprint density at radius 1 is 1.56 bits per heavy atom. The lowest BCUT2D eigenvalue weighted by Gasteiger charge is -1.99. The summed E-state index contributed by atoms with van der Waals surface area (Å²) in [5.41, 5.74) is 0. The van der Waals surface area contributed by atoms with Crippen LogP contribution in [0.15, 0.2) is 0 Å². The summed E-state index contributed by atoms with van der Waals surface area (Å²) in [4.78, 5) is 0. The van der Waals surface area contributed by atoms with Gasteiger partial charge in [-0.1, -0.05) is 6.42 Å². The maximum atomic E-state index is 9.95. The van der Waals surface area contributed by atoms with Crippen LogP contribution in [-0.2, 0) is 13.7 Å². The van der Waals surface area contributed by atoms with E-state index in [0.717, 1.165) is 19.3 Å². The summed E-state index contributed by atoms with van der Waals surface area (Å²) in [5, 5.41) is 0. The molecule has 1 radical (unpaired) electrons. The molecule has 3 nitrogen and oxygen atoms in total. The zero-order valence-electron chi connectivity index (χ0n) is 4.95. The molecule has 1 saturated carbocycles. The minimum atomic E-state index is -2.64. The first-order valence-corrected chi connectivity index (χ1v) is 4.03. The van der Waals surface area contributed by atoms with E-state index in [0.29, 0.717) is 0 Å². The first-order chi connectivity index (χ1) is 4.29. The van der Waals surface area contributed by atoms with E-state index in [1.165, 1.54) is 0 Å². The molecule has 0 aliphatic heterocycles. The fraction of sp³-hybridized carbons (Fsp3) is 0.800. The predicted octanol–water partition coefficient (Wildman–Crippen LogP) is 1.85. The molecule has 1 unspecified atom stereocenters. The molecule has 1 atom stereocenters. The van der Waals surface area contributed by atoms with Gasteiger partial charge in [0.1, 0.15) is 0 Å².